The summed E-state index contributed by atoms with van der Waals surface area (Å²) in [5.74, 6) is 0.411. The number of anilines is 1. The third-order valence-electron chi connectivity index (χ3n) is 2.65. The molecule has 0 fully saturated rings. The average Bonchev–Trinajstić information content (AvgIpc) is 2.68. The van der Waals surface area contributed by atoms with Gasteiger partial charge in [0.25, 0.3) is 0 Å². The van der Waals surface area contributed by atoms with Gasteiger partial charge in [-0.05, 0) is 33.5 Å². The molecule has 2 aromatic heterocycles. The van der Waals surface area contributed by atoms with Crippen LogP contribution in [0.2, 0.25) is 0 Å². The van der Waals surface area contributed by atoms with Crippen molar-refractivity contribution in [2.24, 2.45) is 7.05 Å². The quantitative estimate of drug-likeness (QED) is 0.942. The predicted molar refractivity (Wildman–Crippen MR) is 76.6 cm³/mol. The summed E-state index contributed by atoms with van der Waals surface area (Å²) in [4.78, 5) is 4.15. The van der Waals surface area contributed by atoms with Crippen LogP contribution in [0.3, 0.4) is 0 Å². The molecule has 0 saturated carbocycles. The summed E-state index contributed by atoms with van der Waals surface area (Å²) in [6, 6.07) is 2.06. The van der Waals surface area contributed by atoms with Crippen LogP contribution in [-0.4, -0.2) is 14.8 Å². The van der Waals surface area contributed by atoms with Gasteiger partial charge in [0.2, 0.25) is 0 Å². The topological polar surface area (TPSA) is 42.7 Å². The van der Waals surface area contributed by atoms with Crippen LogP contribution >= 0.6 is 15.9 Å². The predicted octanol–water partition coefficient (Wildman–Crippen LogP) is 3.31. The number of pyridine rings is 1. The van der Waals surface area contributed by atoms with Crippen molar-refractivity contribution in [2.75, 3.05) is 5.32 Å². The molecule has 0 saturated heterocycles. The van der Waals surface area contributed by atoms with Gasteiger partial charge in [-0.1, -0.05) is 13.8 Å². The summed E-state index contributed by atoms with van der Waals surface area (Å²) < 4.78 is 2.84. The molecule has 2 heterocycles. The van der Waals surface area contributed by atoms with Gasteiger partial charge in [-0.25, -0.2) is 0 Å². The molecular formula is C13H17BrN4. The van der Waals surface area contributed by atoms with E-state index in [0.717, 1.165) is 28.0 Å². The number of hydrogen-bond acceptors (Lipinski definition) is 3. The smallest absolute Gasteiger partial charge is 0.0881 e. The summed E-state index contributed by atoms with van der Waals surface area (Å²) in [6.07, 6.45) is 5.66. The molecule has 2 rings (SSSR count). The molecule has 1 N–H and O–H groups in total. The van der Waals surface area contributed by atoms with Gasteiger partial charge in [0.1, 0.15) is 0 Å². The van der Waals surface area contributed by atoms with E-state index >= 15 is 0 Å². The minimum Gasteiger partial charge on any atom is -0.378 e. The highest BCUT2D eigenvalue weighted by molar-refractivity contribution is 9.10. The first-order chi connectivity index (χ1) is 8.56. The van der Waals surface area contributed by atoms with Crippen LogP contribution in [0.15, 0.2) is 29.1 Å². The molecule has 0 spiro atoms. The van der Waals surface area contributed by atoms with E-state index < -0.39 is 0 Å². The zero-order chi connectivity index (χ0) is 13.1. The fraction of sp³-hybridized carbons (Fsp3) is 0.385. The normalized spacial score (nSPS) is 10.9. The standard InChI is InChI=1S/C13H17BrN4/c1-9(2)13-12(8-18(3)17-13)16-6-10-4-11(14)7-15-5-10/h4-5,7-9,16H,6H2,1-3H3. The second-order valence-electron chi connectivity index (χ2n) is 4.62. The minimum absolute atomic E-state index is 0.411. The number of nitrogens with zero attached hydrogens (tertiary/aromatic N) is 3. The van der Waals surface area contributed by atoms with Gasteiger partial charge in [0, 0.05) is 36.7 Å². The highest BCUT2D eigenvalue weighted by Gasteiger charge is 2.10. The lowest BCUT2D eigenvalue weighted by atomic mass is 10.1. The van der Waals surface area contributed by atoms with E-state index in [4.69, 9.17) is 0 Å². The van der Waals surface area contributed by atoms with Crippen LogP contribution < -0.4 is 5.32 Å². The number of aromatic nitrogens is 3. The van der Waals surface area contributed by atoms with E-state index in [9.17, 15) is 0 Å². The summed E-state index contributed by atoms with van der Waals surface area (Å²) in [5, 5.41) is 7.88. The molecule has 0 amide bonds. The summed E-state index contributed by atoms with van der Waals surface area (Å²) in [5.41, 5.74) is 3.33. The Labute approximate surface area is 116 Å². The van der Waals surface area contributed by atoms with Gasteiger partial charge in [0.05, 0.1) is 11.4 Å². The van der Waals surface area contributed by atoms with Crippen LogP contribution in [0, 0.1) is 0 Å². The Hall–Kier alpha value is -1.36. The van der Waals surface area contributed by atoms with Crippen molar-refractivity contribution in [3.8, 4) is 0 Å². The van der Waals surface area contributed by atoms with E-state index in [1.165, 1.54) is 0 Å². The van der Waals surface area contributed by atoms with Crippen molar-refractivity contribution in [3.05, 3.63) is 40.4 Å². The van der Waals surface area contributed by atoms with Crippen molar-refractivity contribution in [2.45, 2.75) is 26.3 Å². The van der Waals surface area contributed by atoms with Crippen LogP contribution in [0.25, 0.3) is 0 Å². The minimum atomic E-state index is 0.411. The van der Waals surface area contributed by atoms with Gasteiger partial charge in [-0.2, -0.15) is 5.10 Å². The van der Waals surface area contributed by atoms with E-state index in [2.05, 4.69) is 51.2 Å². The van der Waals surface area contributed by atoms with Gasteiger partial charge in [-0.15, -0.1) is 0 Å². The Kier molecular flexibility index (Phi) is 4.01. The van der Waals surface area contributed by atoms with Crippen LogP contribution in [-0.2, 0) is 13.6 Å². The number of rotatable bonds is 4. The van der Waals surface area contributed by atoms with E-state index in [0.29, 0.717) is 5.92 Å². The molecule has 5 heteroatoms. The summed E-state index contributed by atoms with van der Waals surface area (Å²) >= 11 is 3.42. The van der Waals surface area contributed by atoms with Gasteiger partial charge in [0.15, 0.2) is 0 Å². The molecule has 0 aromatic carbocycles. The highest BCUT2D eigenvalue weighted by atomic mass is 79.9. The fourth-order valence-corrected chi connectivity index (χ4v) is 2.23. The zero-order valence-corrected chi connectivity index (χ0v) is 12.4. The lowest BCUT2D eigenvalue weighted by molar-refractivity contribution is 0.713. The lowest BCUT2D eigenvalue weighted by Crippen LogP contribution is -2.02. The molecule has 0 radical (unpaired) electrons. The lowest BCUT2D eigenvalue weighted by Gasteiger charge is -2.08. The summed E-state index contributed by atoms with van der Waals surface area (Å²) in [6.45, 7) is 5.04. The number of nitrogens with one attached hydrogen (secondary N) is 1. The van der Waals surface area contributed by atoms with Crippen molar-refractivity contribution in [1.29, 1.82) is 0 Å². The number of halogens is 1. The molecular weight excluding hydrogens is 292 g/mol. The monoisotopic (exact) mass is 308 g/mol. The van der Waals surface area contributed by atoms with E-state index in [-0.39, 0.29) is 0 Å². The molecule has 0 aliphatic carbocycles. The van der Waals surface area contributed by atoms with E-state index in [1.807, 2.05) is 24.1 Å². The maximum Gasteiger partial charge on any atom is 0.0881 e. The number of hydrogen-bond donors (Lipinski definition) is 1. The Morgan fingerprint density at radius 1 is 1.39 bits per heavy atom. The maximum absolute atomic E-state index is 4.47. The van der Waals surface area contributed by atoms with Crippen molar-refractivity contribution in [1.82, 2.24) is 14.8 Å². The molecule has 0 bridgehead atoms. The fourth-order valence-electron chi connectivity index (χ4n) is 1.82. The van der Waals surface area contributed by atoms with Crippen LogP contribution in [0.4, 0.5) is 5.69 Å². The van der Waals surface area contributed by atoms with Gasteiger partial charge < -0.3 is 5.32 Å². The van der Waals surface area contributed by atoms with E-state index in [1.54, 1.807) is 6.20 Å². The molecule has 96 valence electrons. The molecule has 2 aromatic rings. The number of aryl methyl sites for hydroxylation is 1. The Morgan fingerprint density at radius 3 is 2.83 bits per heavy atom. The van der Waals surface area contributed by atoms with Gasteiger partial charge >= 0.3 is 0 Å². The molecule has 18 heavy (non-hydrogen) atoms. The molecule has 0 unspecified atom stereocenters. The second-order valence-corrected chi connectivity index (χ2v) is 5.54. The molecule has 0 aliphatic heterocycles. The largest absolute Gasteiger partial charge is 0.378 e. The second kappa shape index (κ2) is 5.52. The van der Waals surface area contributed by atoms with Gasteiger partial charge in [-0.3, -0.25) is 9.67 Å². The first-order valence-corrected chi connectivity index (χ1v) is 6.72. The third-order valence-corrected chi connectivity index (χ3v) is 3.08. The van der Waals surface area contributed by atoms with Crippen molar-refractivity contribution < 1.29 is 0 Å². The molecule has 4 nitrogen and oxygen atoms in total. The first-order valence-electron chi connectivity index (χ1n) is 5.93. The maximum atomic E-state index is 4.47. The Bertz CT molecular complexity index is 534. The third kappa shape index (κ3) is 3.10. The first kappa shape index (κ1) is 13.1. The zero-order valence-electron chi connectivity index (χ0n) is 10.8. The van der Waals surface area contributed by atoms with Crippen LogP contribution in [0.1, 0.15) is 31.0 Å². The highest BCUT2D eigenvalue weighted by Crippen LogP contribution is 2.22. The Balaban J connectivity index is 2.10. The average molecular weight is 309 g/mol. The molecule has 0 aliphatic rings. The summed E-state index contributed by atoms with van der Waals surface area (Å²) in [7, 11) is 1.94. The van der Waals surface area contributed by atoms with Crippen molar-refractivity contribution in [3.63, 3.8) is 0 Å². The SMILES string of the molecule is CC(C)c1nn(C)cc1NCc1cncc(Br)c1. The Morgan fingerprint density at radius 2 is 2.17 bits per heavy atom. The van der Waals surface area contributed by atoms with Crippen LogP contribution in [0.5, 0.6) is 0 Å². The molecule has 0 atom stereocenters. The van der Waals surface area contributed by atoms with Crippen molar-refractivity contribution >= 4 is 21.6 Å².